The first-order valence-corrected chi connectivity index (χ1v) is 6.57. The maximum absolute atomic E-state index is 5.70. The molecule has 0 atom stereocenters. The smallest absolute Gasteiger partial charge is 0.144 e. The number of benzene rings is 1. The molecule has 0 saturated heterocycles. The molecule has 0 unspecified atom stereocenters. The molecule has 2 heterocycles. The second-order valence-corrected chi connectivity index (χ2v) is 5.05. The van der Waals surface area contributed by atoms with E-state index in [2.05, 4.69) is 33.0 Å². The summed E-state index contributed by atoms with van der Waals surface area (Å²) in [7, 11) is 0. The van der Waals surface area contributed by atoms with Crippen LogP contribution in [0.15, 0.2) is 30.6 Å². The number of rotatable bonds is 3. The molecule has 0 radical (unpaired) electrons. The van der Waals surface area contributed by atoms with Crippen LogP contribution in [0.4, 0.5) is 0 Å². The van der Waals surface area contributed by atoms with Crippen molar-refractivity contribution < 1.29 is 0 Å². The number of hydrogen-bond acceptors (Lipinski definition) is 3. The zero-order valence-electron chi connectivity index (χ0n) is 10.5. The Kier molecular flexibility index (Phi) is 2.22. The van der Waals surface area contributed by atoms with Gasteiger partial charge in [0.25, 0.3) is 0 Å². The Hall–Kier alpha value is -2.14. The van der Waals surface area contributed by atoms with Gasteiger partial charge in [-0.2, -0.15) is 5.10 Å². The van der Waals surface area contributed by atoms with Gasteiger partial charge < -0.3 is 10.3 Å². The summed E-state index contributed by atoms with van der Waals surface area (Å²) in [5.74, 6) is 1.00. The third-order valence-corrected chi connectivity index (χ3v) is 3.66. The highest BCUT2D eigenvalue weighted by Crippen LogP contribution is 2.41. The predicted octanol–water partition coefficient (Wildman–Crippen LogP) is 2.22. The van der Waals surface area contributed by atoms with E-state index in [0.717, 1.165) is 22.5 Å². The van der Waals surface area contributed by atoms with Crippen molar-refractivity contribution in [3.63, 3.8) is 0 Å². The molecule has 96 valence electrons. The maximum Gasteiger partial charge on any atom is 0.144 e. The summed E-state index contributed by atoms with van der Waals surface area (Å²) in [6.45, 7) is 0.549. The normalized spacial score (nSPS) is 15.2. The Morgan fingerprint density at radius 2 is 2.26 bits per heavy atom. The van der Waals surface area contributed by atoms with E-state index in [4.69, 9.17) is 10.7 Å². The first-order valence-electron chi connectivity index (χ1n) is 6.57. The first kappa shape index (κ1) is 10.8. The molecule has 1 aliphatic carbocycles. The Morgan fingerprint density at radius 1 is 1.37 bits per heavy atom. The molecular weight excluding hydrogens is 238 g/mol. The summed E-state index contributed by atoms with van der Waals surface area (Å²) < 4.78 is 2.33. The highest BCUT2D eigenvalue weighted by molar-refractivity contribution is 5.81. The van der Waals surface area contributed by atoms with E-state index >= 15 is 0 Å². The van der Waals surface area contributed by atoms with E-state index < -0.39 is 0 Å². The third kappa shape index (κ3) is 1.66. The number of nitrogens with one attached hydrogen (secondary N) is 1. The average molecular weight is 253 g/mol. The summed E-state index contributed by atoms with van der Waals surface area (Å²) in [4.78, 5) is 4.77. The van der Waals surface area contributed by atoms with E-state index in [-0.39, 0.29) is 0 Å². The van der Waals surface area contributed by atoms with E-state index in [1.54, 1.807) is 0 Å². The monoisotopic (exact) mass is 253 g/mol. The number of nitrogens with zero attached hydrogens (tertiary/aromatic N) is 3. The van der Waals surface area contributed by atoms with Gasteiger partial charge in [0.15, 0.2) is 0 Å². The first-order chi connectivity index (χ1) is 9.36. The Labute approximate surface area is 110 Å². The molecule has 5 nitrogen and oxygen atoms in total. The summed E-state index contributed by atoms with van der Waals surface area (Å²) >= 11 is 0. The van der Waals surface area contributed by atoms with Crippen LogP contribution in [0.25, 0.3) is 22.4 Å². The second-order valence-electron chi connectivity index (χ2n) is 5.05. The number of aromatic nitrogens is 4. The van der Waals surface area contributed by atoms with Gasteiger partial charge in [-0.05, 0) is 30.5 Å². The standard InChI is InChI=1S/C14H15N5/c15-6-9-1-4-13-12(5-9)18-14(10-7-16-17-8-10)19(13)11-2-3-11/h1,4-5,7-8,11H,2-3,6,15H2,(H,16,17). The van der Waals surface area contributed by atoms with E-state index in [1.165, 1.54) is 18.4 Å². The SMILES string of the molecule is NCc1ccc2c(c1)nc(-c1cn[nH]c1)n2C1CC1. The van der Waals surface area contributed by atoms with Gasteiger partial charge in [0, 0.05) is 18.8 Å². The summed E-state index contributed by atoms with van der Waals surface area (Å²) in [6.07, 6.45) is 6.18. The molecular formula is C14H15N5. The van der Waals surface area contributed by atoms with Crippen LogP contribution in [0.1, 0.15) is 24.4 Å². The third-order valence-electron chi connectivity index (χ3n) is 3.66. The second kappa shape index (κ2) is 3.93. The lowest BCUT2D eigenvalue weighted by Crippen LogP contribution is -1.97. The van der Waals surface area contributed by atoms with Crippen molar-refractivity contribution in [2.75, 3.05) is 0 Å². The fourth-order valence-electron chi connectivity index (χ4n) is 2.55. The molecule has 2 aromatic heterocycles. The molecule has 5 heteroatoms. The van der Waals surface area contributed by atoms with Crippen LogP contribution in [0.3, 0.4) is 0 Å². The van der Waals surface area contributed by atoms with Crippen LogP contribution in [-0.2, 0) is 6.54 Å². The van der Waals surface area contributed by atoms with Gasteiger partial charge in [-0.25, -0.2) is 4.98 Å². The number of imidazole rings is 1. The molecule has 0 bridgehead atoms. The molecule has 3 aromatic rings. The maximum atomic E-state index is 5.70. The molecule has 1 saturated carbocycles. The molecule has 19 heavy (non-hydrogen) atoms. The average Bonchev–Trinajstić information content (AvgIpc) is 3.01. The summed E-state index contributed by atoms with van der Waals surface area (Å²) in [6, 6.07) is 6.88. The lowest BCUT2D eigenvalue weighted by atomic mass is 10.2. The number of hydrogen-bond donors (Lipinski definition) is 2. The van der Waals surface area contributed by atoms with E-state index in [1.807, 2.05) is 12.4 Å². The van der Waals surface area contributed by atoms with Crippen LogP contribution in [0.5, 0.6) is 0 Å². The Morgan fingerprint density at radius 3 is 2.95 bits per heavy atom. The minimum Gasteiger partial charge on any atom is -0.326 e. The molecule has 0 spiro atoms. The predicted molar refractivity (Wildman–Crippen MR) is 73.5 cm³/mol. The van der Waals surface area contributed by atoms with Gasteiger partial charge in [0.1, 0.15) is 5.82 Å². The summed E-state index contributed by atoms with van der Waals surface area (Å²) in [5, 5.41) is 6.88. The van der Waals surface area contributed by atoms with E-state index in [0.29, 0.717) is 12.6 Å². The van der Waals surface area contributed by atoms with Gasteiger partial charge in [-0.3, -0.25) is 5.10 Å². The van der Waals surface area contributed by atoms with Crippen LogP contribution in [0, 0.1) is 0 Å². The van der Waals surface area contributed by atoms with Gasteiger partial charge in [-0.1, -0.05) is 6.07 Å². The van der Waals surface area contributed by atoms with Crippen molar-refractivity contribution in [2.24, 2.45) is 5.73 Å². The van der Waals surface area contributed by atoms with Crippen LogP contribution < -0.4 is 5.73 Å². The van der Waals surface area contributed by atoms with Crippen LogP contribution in [-0.4, -0.2) is 19.7 Å². The number of H-pyrrole nitrogens is 1. The topological polar surface area (TPSA) is 72.5 Å². The van der Waals surface area contributed by atoms with Crippen molar-refractivity contribution in [2.45, 2.75) is 25.4 Å². The Balaban J connectivity index is 1.98. The van der Waals surface area contributed by atoms with Crippen LogP contribution in [0.2, 0.25) is 0 Å². The number of nitrogens with two attached hydrogens (primary N) is 1. The highest BCUT2D eigenvalue weighted by atomic mass is 15.2. The van der Waals surface area contributed by atoms with Gasteiger partial charge in [0.05, 0.1) is 22.8 Å². The van der Waals surface area contributed by atoms with Crippen molar-refractivity contribution >= 4 is 11.0 Å². The quantitative estimate of drug-likeness (QED) is 0.751. The lowest BCUT2D eigenvalue weighted by Gasteiger charge is -2.05. The van der Waals surface area contributed by atoms with Crippen molar-refractivity contribution in [1.82, 2.24) is 19.7 Å². The van der Waals surface area contributed by atoms with Gasteiger partial charge >= 0.3 is 0 Å². The Bertz CT molecular complexity index is 722. The zero-order chi connectivity index (χ0) is 12.8. The molecule has 0 amide bonds. The fourth-order valence-corrected chi connectivity index (χ4v) is 2.55. The van der Waals surface area contributed by atoms with Gasteiger partial charge in [-0.15, -0.1) is 0 Å². The van der Waals surface area contributed by atoms with Crippen LogP contribution >= 0.6 is 0 Å². The lowest BCUT2D eigenvalue weighted by molar-refractivity contribution is 0.775. The molecule has 1 aliphatic rings. The minimum absolute atomic E-state index is 0.549. The molecule has 3 N–H and O–H groups in total. The van der Waals surface area contributed by atoms with Gasteiger partial charge in [0.2, 0.25) is 0 Å². The number of aromatic amines is 1. The zero-order valence-corrected chi connectivity index (χ0v) is 10.5. The molecule has 1 aromatic carbocycles. The molecule has 1 fully saturated rings. The molecule has 4 rings (SSSR count). The largest absolute Gasteiger partial charge is 0.326 e. The fraction of sp³-hybridized carbons (Fsp3) is 0.286. The minimum atomic E-state index is 0.549. The summed E-state index contributed by atoms with van der Waals surface area (Å²) in [5.41, 5.74) is 10.1. The highest BCUT2D eigenvalue weighted by Gasteiger charge is 2.28. The van der Waals surface area contributed by atoms with E-state index in [9.17, 15) is 0 Å². The van der Waals surface area contributed by atoms with Crippen molar-refractivity contribution in [1.29, 1.82) is 0 Å². The van der Waals surface area contributed by atoms with Crippen molar-refractivity contribution in [3.05, 3.63) is 36.2 Å². The number of fused-ring (bicyclic) bond motifs is 1. The molecule has 0 aliphatic heterocycles. The van der Waals surface area contributed by atoms with Crippen molar-refractivity contribution in [3.8, 4) is 11.4 Å².